The van der Waals surface area contributed by atoms with E-state index in [1.165, 1.54) is 0 Å². The minimum Gasteiger partial charge on any atom is -0.491 e. The van der Waals surface area contributed by atoms with E-state index in [9.17, 15) is 4.79 Å². The first-order valence-corrected chi connectivity index (χ1v) is 8.55. The van der Waals surface area contributed by atoms with Crippen LogP contribution < -0.4 is 15.0 Å². The number of aromatic nitrogens is 2. The molecule has 0 radical (unpaired) electrons. The van der Waals surface area contributed by atoms with Crippen molar-refractivity contribution >= 4 is 11.9 Å². The topological polar surface area (TPSA) is 70.6 Å². The maximum Gasteiger partial charge on any atom is 0.234 e. The van der Waals surface area contributed by atoms with Crippen LogP contribution >= 0.6 is 0 Å². The summed E-state index contributed by atoms with van der Waals surface area (Å²) in [4.78, 5) is 25.3. The number of fused-ring (bicyclic) bond motifs is 1. The Morgan fingerprint density at radius 2 is 1.88 bits per heavy atom. The molecular weight excluding hydrogens is 318 g/mol. The minimum atomic E-state index is -0.0530. The molecule has 7 nitrogen and oxygen atoms in total. The third-order valence-electron chi connectivity index (χ3n) is 4.61. The number of benzene rings is 1. The van der Waals surface area contributed by atoms with Gasteiger partial charge in [0, 0.05) is 44.1 Å². The van der Waals surface area contributed by atoms with Gasteiger partial charge in [0.15, 0.2) is 0 Å². The molecule has 1 fully saturated rings. The first-order chi connectivity index (χ1) is 12.3. The number of ether oxygens (including phenoxy) is 1. The van der Waals surface area contributed by atoms with Crippen LogP contribution in [0.5, 0.6) is 5.75 Å². The normalized spacial score (nSPS) is 20.0. The molecule has 1 N–H and O–H groups in total. The summed E-state index contributed by atoms with van der Waals surface area (Å²) in [7, 11) is 0. The molecule has 0 spiro atoms. The molecule has 1 saturated heterocycles. The Labute approximate surface area is 146 Å². The van der Waals surface area contributed by atoms with Gasteiger partial charge in [0.1, 0.15) is 12.4 Å². The Balaban J connectivity index is 1.27. The van der Waals surface area contributed by atoms with Crippen LogP contribution in [0, 0.1) is 0 Å². The number of hydrogen-bond acceptors (Lipinski definition) is 6. The van der Waals surface area contributed by atoms with Crippen LogP contribution in [0.15, 0.2) is 42.7 Å². The maximum absolute atomic E-state index is 12.4. The third-order valence-corrected chi connectivity index (χ3v) is 4.61. The number of piperazine rings is 1. The molecule has 1 atom stereocenters. The van der Waals surface area contributed by atoms with Crippen molar-refractivity contribution in [1.29, 1.82) is 0 Å². The number of para-hydroxylation sites is 1. The number of carbonyl (C=O) groups is 1. The summed E-state index contributed by atoms with van der Waals surface area (Å²) in [5.74, 6) is 1.66. The second-order valence-electron chi connectivity index (χ2n) is 6.28. The zero-order valence-corrected chi connectivity index (χ0v) is 14.0. The zero-order valence-electron chi connectivity index (χ0n) is 14.0. The standard InChI is InChI=1S/C18H21N5O2/c24-17(21-15-13-25-16-5-2-1-4-14(15)16)12-22-8-10-23(11-9-22)18-19-6-3-7-20-18/h1-7,15H,8-13H2,(H,21,24). The van der Waals surface area contributed by atoms with Crippen molar-refractivity contribution in [3.63, 3.8) is 0 Å². The molecule has 25 heavy (non-hydrogen) atoms. The molecule has 2 aromatic rings. The predicted molar refractivity (Wildman–Crippen MR) is 93.5 cm³/mol. The minimum absolute atomic E-state index is 0.0368. The van der Waals surface area contributed by atoms with Gasteiger partial charge in [-0.15, -0.1) is 0 Å². The fraction of sp³-hybridized carbons (Fsp3) is 0.389. The second-order valence-corrected chi connectivity index (χ2v) is 6.28. The van der Waals surface area contributed by atoms with Gasteiger partial charge < -0.3 is 15.0 Å². The highest BCUT2D eigenvalue weighted by Gasteiger charge is 2.26. The summed E-state index contributed by atoms with van der Waals surface area (Å²) in [5.41, 5.74) is 1.06. The highest BCUT2D eigenvalue weighted by Crippen LogP contribution is 2.31. The van der Waals surface area contributed by atoms with E-state index in [4.69, 9.17) is 4.74 Å². The lowest BCUT2D eigenvalue weighted by Crippen LogP contribution is -2.50. The lowest BCUT2D eigenvalue weighted by molar-refractivity contribution is -0.123. The van der Waals surface area contributed by atoms with E-state index >= 15 is 0 Å². The summed E-state index contributed by atoms with van der Waals surface area (Å²) in [5, 5.41) is 3.08. The summed E-state index contributed by atoms with van der Waals surface area (Å²) >= 11 is 0. The van der Waals surface area contributed by atoms with Crippen molar-refractivity contribution in [2.75, 3.05) is 44.2 Å². The van der Waals surface area contributed by atoms with Crippen LogP contribution in [0.25, 0.3) is 0 Å². The molecule has 2 aliphatic heterocycles. The smallest absolute Gasteiger partial charge is 0.234 e. The zero-order chi connectivity index (χ0) is 17.1. The Morgan fingerprint density at radius 3 is 2.68 bits per heavy atom. The monoisotopic (exact) mass is 339 g/mol. The lowest BCUT2D eigenvalue weighted by atomic mass is 10.1. The first kappa shape index (κ1) is 15.8. The largest absolute Gasteiger partial charge is 0.491 e. The fourth-order valence-corrected chi connectivity index (χ4v) is 3.29. The quantitative estimate of drug-likeness (QED) is 0.890. The number of nitrogens with one attached hydrogen (secondary N) is 1. The van der Waals surface area contributed by atoms with Gasteiger partial charge in [-0.3, -0.25) is 9.69 Å². The van der Waals surface area contributed by atoms with Crippen molar-refractivity contribution in [3.8, 4) is 5.75 Å². The van der Waals surface area contributed by atoms with Crippen molar-refractivity contribution < 1.29 is 9.53 Å². The average molecular weight is 339 g/mol. The molecule has 0 aliphatic carbocycles. The van der Waals surface area contributed by atoms with E-state index in [0.717, 1.165) is 43.4 Å². The van der Waals surface area contributed by atoms with E-state index in [2.05, 4.69) is 25.1 Å². The van der Waals surface area contributed by atoms with E-state index in [-0.39, 0.29) is 11.9 Å². The molecule has 3 heterocycles. The van der Waals surface area contributed by atoms with Crippen molar-refractivity contribution in [1.82, 2.24) is 20.2 Å². The van der Waals surface area contributed by atoms with E-state index in [0.29, 0.717) is 13.2 Å². The summed E-state index contributed by atoms with van der Waals surface area (Å²) < 4.78 is 5.62. The number of anilines is 1. The van der Waals surface area contributed by atoms with Gasteiger partial charge in [-0.1, -0.05) is 18.2 Å². The number of amides is 1. The van der Waals surface area contributed by atoms with Gasteiger partial charge >= 0.3 is 0 Å². The van der Waals surface area contributed by atoms with Gasteiger partial charge in [0.25, 0.3) is 0 Å². The highest BCUT2D eigenvalue weighted by molar-refractivity contribution is 5.78. The molecule has 1 aromatic heterocycles. The predicted octanol–water partition coefficient (Wildman–Crippen LogP) is 0.848. The number of rotatable bonds is 4. The van der Waals surface area contributed by atoms with E-state index in [1.807, 2.05) is 30.3 Å². The molecule has 7 heteroatoms. The van der Waals surface area contributed by atoms with Crippen LogP contribution in [0.2, 0.25) is 0 Å². The van der Waals surface area contributed by atoms with E-state index < -0.39 is 0 Å². The Morgan fingerprint density at radius 1 is 1.12 bits per heavy atom. The van der Waals surface area contributed by atoms with Crippen LogP contribution in [0.4, 0.5) is 5.95 Å². The van der Waals surface area contributed by atoms with Gasteiger partial charge in [0.2, 0.25) is 11.9 Å². The second kappa shape index (κ2) is 7.06. The molecule has 1 aromatic carbocycles. The van der Waals surface area contributed by atoms with Crippen molar-refractivity contribution in [2.24, 2.45) is 0 Å². The van der Waals surface area contributed by atoms with Gasteiger partial charge in [-0.2, -0.15) is 0 Å². The SMILES string of the molecule is O=C(CN1CCN(c2ncccn2)CC1)NC1COc2ccccc21. The summed E-state index contributed by atoms with van der Waals surface area (Å²) in [6, 6.07) is 9.62. The summed E-state index contributed by atoms with van der Waals surface area (Å²) in [6.07, 6.45) is 3.51. The Bertz CT molecular complexity index is 731. The fourth-order valence-electron chi connectivity index (χ4n) is 3.29. The molecular formula is C18H21N5O2. The van der Waals surface area contributed by atoms with E-state index in [1.54, 1.807) is 12.4 Å². The average Bonchev–Trinajstić information content (AvgIpc) is 3.06. The molecule has 1 unspecified atom stereocenters. The molecule has 2 aliphatic rings. The molecule has 4 rings (SSSR count). The number of nitrogens with zero attached hydrogens (tertiary/aromatic N) is 4. The maximum atomic E-state index is 12.4. The van der Waals surface area contributed by atoms with Gasteiger partial charge in [-0.05, 0) is 12.1 Å². The van der Waals surface area contributed by atoms with Crippen LogP contribution in [0.1, 0.15) is 11.6 Å². The highest BCUT2D eigenvalue weighted by atomic mass is 16.5. The molecule has 1 amide bonds. The molecule has 0 saturated carbocycles. The van der Waals surface area contributed by atoms with Crippen LogP contribution in [-0.4, -0.2) is 60.1 Å². The third kappa shape index (κ3) is 3.56. The van der Waals surface area contributed by atoms with Crippen LogP contribution in [0.3, 0.4) is 0 Å². The lowest BCUT2D eigenvalue weighted by Gasteiger charge is -2.34. The molecule has 130 valence electrons. The number of hydrogen-bond donors (Lipinski definition) is 1. The summed E-state index contributed by atoms with van der Waals surface area (Å²) in [6.45, 7) is 4.21. The van der Waals surface area contributed by atoms with Crippen molar-refractivity contribution in [3.05, 3.63) is 48.3 Å². The van der Waals surface area contributed by atoms with Gasteiger partial charge in [0.05, 0.1) is 12.6 Å². The molecule has 0 bridgehead atoms. The number of carbonyl (C=O) groups excluding carboxylic acids is 1. The van der Waals surface area contributed by atoms with Crippen molar-refractivity contribution in [2.45, 2.75) is 6.04 Å². The Kier molecular flexibility index (Phi) is 4.47. The Hall–Kier alpha value is -2.67. The van der Waals surface area contributed by atoms with Gasteiger partial charge in [-0.25, -0.2) is 9.97 Å². The first-order valence-electron chi connectivity index (χ1n) is 8.55. The van der Waals surface area contributed by atoms with Crippen LogP contribution in [-0.2, 0) is 4.79 Å².